The quantitative estimate of drug-likeness (QED) is 0.361. The summed E-state index contributed by atoms with van der Waals surface area (Å²) >= 11 is 0. The zero-order chi connectivity index (χ0) is 24.1. The van der Waals surface area contributed by atoms with E-state index in [2.05, 4.69) is 15.3 Å². The Morgan fingerprint density at radius 1 is 1.12 bits per heavy atom. The van der Waals surface area contributed by atoms with E-state index in [1.807, 2.05) is 30.3 Å². The molecular formula is C26H24F3N3O2. The number of pyridine rings is 1. The number of rotatable bonds is 8. The summed E-state index contributed by atoms with van der Waals surface area (Å²) in [5, 5.41) is 3.67. The third-order valence-electron chi connectivity index (χ3n) is 5.73. The van der Waals surface area contributed by atoms with Gasteiger partial charge in [-0.3, -0.25) is 9.78 Å². The Morgan fingerprint density at radius 2 is 1.97 bits per heavy atom. The lowest BCUT2D eigenvalue weighted by atomic mass is 9.87. The first-order valence-corrected chi connectivity index (χ1v) is 10.8. The zero-order valence-corrected chi connectivity index (χ0v) is 18.5. The third-order valence-corrected chi connectivity index (χ3v) is 5.73. The van der Waals surface area contributed by atoms with Crippen molar-refractivity contribution >= 4 is 16.8 Å². The lowest BCUT2D eigenvalue weighted by Gasteiger charge is -2.19. The monoisotopic (exact) mass is 467 g/mol. The highest BCUT2D eigenvalue weighted by Crippen LogP contribution is 2.37. The van der Waals surface area contributed by atoms with Gasteiger partial charge in [-0.25, -0.2) is 0 Å². The molecule has 2 aromatic heterocycles. The van der Waals surface area contributed by atoms with Crippen molar-refractivity contribution in [2.45, 2.75) is 24.9 Å². The number of nitrogens with zero attached hydrogens (tertiary/aromatic N) is 1. The van der Waals surface area contributed by atoms with Crippen LogP contribution >= 0.6 is 0 Å². The van der Waals surface area contributed by atoms with E-state index >= 15 is 0 Å². The highest BCUT2D eigenvalue weighted by atomic mass is 19.4. The predicted molar refractivity (Wildman–Crippen MR) is 124 cm³/mol. The number of ether oxygens (including phenoxy) is 1. The number of methoxy groups -OCH3 is 1. The fraction of sp³-hybridized carbons (Fsp3) is 0.231. The SMILES string of the molecule is COc1ccc2[nH]cc([C@H](CC(=O)NCCc3ccccn3)c3cccc(C(F)(F)F)c3)c2c1. The van der Waals surface area contributed by atoms with Crippen LogP contribution in [0.25, 0.3) is 10.9 Å². The Hall–Kier alpha value is -3.81. The van der Waals surface area contributed by atoms with Crippen LogP contribution in [0.15, 0.2) is 73.1 Å². The molecule has 4 rings (SSSR count). The minimum atomic E-state index is -4.48. The number of amides is 1. The number of hydrogen-bond donors (Lipinski definition) is 2. The number of fused-ring (bicyclic) bond motifs is 1. The Bertz CT molecular complexity index is 1270. The molecule has 176 valence electrons. The van der Waals surface area contributed by atoms with E-state index in [-0.39, 0.29) is 12.3 Å². The van der Waals surface area contributed by atoms with Crippen molar-refractivity contribution in [1.29, 1.82) is 0 Å². The van der Waals surface area contributed by atoms with E-state index in [0.717, 1.165) is 34.3 Å². The van der Waals surface area contributed by atoms with Crippen molar-refractivity contribution in [2.24, 2.45) is 0 Å². The van der Waals surface area contributed by atoms with E-state index in [1.165, 1.54) is 6.07 Å². The first kappa shape index (κ1) is 23.4. The summed E-state index contributed by atoms with van der Waals surface area (Å²) in [6.07, 6.45) is -0.490. The number of hydrogen-bond acceptors (Lipinski definition) is 3. The van der Waals surface area contributed by atoms with Crippen LogP contribution in [0.1, 0.15) is 34.7 Å². The molecule has 8 heteroatoms. The standard InChI is InChI=1S/C26H24F3N3O2/c1-34-20-8-9-24-22(14-20)23(16-32-24)21(17-5-4-6-18(13-17)26(27,28)29)15-25(33)31-12-10-19-7-2-3-11-30-19/h2-9,11,13-14,16,21,32H,10,12,15H2,1H3,(H,31,33)/t21-/m1/s1. The van der Waals surface area contributed by atoms with Gasteiger partial charge in [0.2, 0.25) is 5.91 Å². The second kappa shape index (κ2) is 9.99. The smallest absolute Gasteiger partial charge is 0.416 e. The molecule has 2 heterocycles. The summed E-state index contributed by atoms with van der Waals surface area (Å²) in [7, 11) is 1.55. The van der Waals surface area contributed by atoms with Gasteiger partial charge in [-0.15, -0.1) is 0 Å². The van der Waals surface area contributed by atoms with Crippen LogP contribution in [0, 0.1) is 0 Å². The minimum absolute atomic E-state index is 0.00626. The number of carbonyl (C=O) groups excluding carboxylic acids is 1. The highest BCUT2D eigenvalue weighted by Gasteiger charge is 2.32. The van der Waals surface area contributed by atoms with Crippen LogP contribution in [-0.2, 0) is 17.4 Å². The van der Waals surface area contributed by atoms with Crippen molar-refractivity contribution in [2.75, 3.05) is 13.7 Å². The van der Waals surface area contributed by atoms with Crippen molar-refractivity contribution < 1.29 is 22.7 Å². The summed E-state index contributed by atoms with van der Waals surface area (Å²) < 4.78 is 45.5. The summed E-state index contributed by atoms with van der Waals surface area (Å²) in [6.45, 7) is 0.382. The molecule has 0 aliphatic carbocycles. The maximum Gasteiger partial charge on any atom is 0.416 e. The van der Waals surface area contributed by atoms with Gasteiger partial charge >= 0.3 is 6.18 Å². The molecule has 1 amide bonds. The minimum Gasteiger partial charge on any atom is -0.497 e. The van der Waals surface area contributed by atoms with Crippen LogP contribution < -0.4 is 10.1 Å². The second-order valence-electron chi connectivity index (χ2n) is 7.96. The summed E-state index contributed by atoms with van der Waals surface area (Å²) in [4.78, 5) is 20.3. The average molecular weight is 467 g/mol. The number of H-pyrrole nitrogens is 1. The summed E-state index contributed by atoms with van der Waals surface area (Å²) in [5.41, 5.74) is 2.05. The molecule has 0 saturated heterocycles. The van der Waals surface area contributed by atoms with E-state index in [1.54, 1.807) is 31.6 Å². The van der Waals surface area contributed by atoms with Gasteiger partial charge in [-0.2, -0.15) is 13.2 Å². The van der Waals surface area contributed by atoms with Gasteiger partial charge in [-0.1, -0.05) is 24.3 Å². The van der Waals surface area contributed by atoms with Gasteiger partial charge in [0.15, 0.2) is 0 Å². The van der Waals surface area contributed by atoms with Gasteiger partial charge in [0.05, 0.1) is 12.7 Å². The topological polar surface area (TPSA) is 67.0 Å². The van der Waals surface area contributed by atoms with Crippen molar-refractivity contribution in [3.8, 4) is 5.75 Å². The largest absolute Gasteiger partial charge is 0.497 e. The van der Waals surface area contributed by atoms with Crippen LogP contribution in [0.2, 0.25) is 0 Å². The number of halogens is 3. The maximum atomic E-state index is 13.4. The molecule has 4 aromatic rings. The normalized spacial score (nSPS) is 12.5. The third kappa shape index (κ3) is 5.39. The Balaban J connectivity index is 1.63. The van der Waals surface area contributed by atoms with Crippen LogP contribution in [0.3, 0.4) is 0 Å². The molecule has 0 bridgehead atoms. The molecule has 0 aliphatic rings. The van der Waals surface area contributed by atoms with Gasteiger partial charge in [0, 0.05) is 54.3 Å². The van der Waals surface area contributed by atoms with Crippen LogP contribution in [-0.4, -0.2) is 29.5 Å². The highest BCUT2D eigenvalue weighted by molar-refractivity contribution is 5.87. The molecular weight excluding hydrogens is 443 g/mol. The molecule has 5 nitrogen and oxygen atoms in total. The molecule has 0 radical (unpaired) electrons. The lowest BCUT2D eigenvalue weighted by molar-refractivity contribution is -0.137. The van der Waals surface area contributed by atoms with Crippen LogP contribution in [0.5, 0.6) is 5.75 Å². The molecule has 2 aromatic carbocycles. The fourth-order valence-corrected chi connectivity index (χ4v) is 4.01. The molecule has 0 saturated carbocycles. The van der Waals surface area contributed by atoms with E-state index in [9.17, 15) is 18.0 Å². The molecule has 0 unspecified atom stereocenters. The van der Waals surface area contributed by atoms with Gasteiger partial charge in [0.25, 0.3) is 0 Å². The predicted octanol–water partition coefficient (Wildman–Crippen LogP) is 5.47. The van der Waals surface area contributed by atoms with Gasteiger partial charge in [-0.05, 0) is 47.5 Å². The maximum absolute atomic E-state index is 13.4. The number of alkyl halides is 3. The Kier molecular flexibility index (Phi) is 6.86. The first-order chi connectivity index (χ1) is 16.3. The number of aromatic nitrogens is 2. The van der Waals surface area contributed by atoms with E-state index < -0.39 is 17.7 Å². The molecule has 34 heavy (non-hydrogen) atoms. The van der Waals surface area contributed by atoms with Gasteiger partial charge < -0.3 is 15.0 Å². The molecule has 0 aliphatic heterocycles. The van der Waals surface area contributed by atoms with E-state index in [4.69, 9.17) is 4.74 Å². The molecule has 0 spiro atoms. The number of benzene rings is 2. The van der Waals surface area contributed by atoms with Crippen LogP contribution in [0.4, 0.5) is 13.2 Å². The molecule has 2 N–H and O–H groups in total. The van der Waals surface area contributed by atoms with E-state index in [0.29, 0.717) is 24.3 Å². The van der Waals surface area contributed by atoms with Crippen molar-refractivity contribution in [3.05, 3.63) is 95.4 Å². The zero-order valence-electron chi connectivity index (χ0n) is 18.5. The molecule has 1 atom stereocenters. The second-order valence-corrected chi connectivity index (χ2v) is 7.96. The lowest BCUT2D eigenvalue weighted by Crippen LogP contribution is -2.27. The summed E-state index contributed by atoms with van der Waals surface area (Å²) in [6, 6.07) is 16.2. The number of aromatic amines is 1. The van der Waals surface area contributed by atoms with Crippen molar-refractivity contribution in [1.82, 2.24) is 15.3 Å². The summed E-state index contributed by atoms with van der Waals surface area (Å²) in [5.74, 6) is -0.218. The van der Waals surface area contributed by atoms with Gasteiger partial charge in [0.1, 0.15) is 5.75 Å². The van der Waals surface area contributed by atoms with Crippen molar-refractivity contribution in [3.63, 3.8) is 0 Å². The Morgan fingerprint density at radius 3 is 2.71 bits per heavy atom. The number of nitrogens with one attached hydrogen (secondary N) is 2. The molecule has 0 fully saturated rings. The Labute approximate surface area is 195 Å². The first-order valence-electron chi connectivity index (χ1n) is 10.8. The average Bonchev–Trinajstić information content (AvgIpc) is 3.25. The fourth-order valence-electron chi connectivity index (χ4n) is 4.01. The number of carbonyl (C=O) groups is 1.